The molecule has 0 saturated carbocycles. The third kappa shape index (κ3) is 5.36. The normalized spacial score (nSPS) is 10.4. The average Bonchev–Trinajstić information content (AvgIpc) is 3.14. The van der Waals surface area contributed by atoms with Crippen molar-refractivity contribution < 1.29 is 19.1 Å². The standard InChI is InChI=1S/C21H17BrN2O4S/c1-2-28-18(25)11-15-12-29-21(23-15)24-20(27)17-6-4-3-5-16(17)19(26)13-7-9-14(22)10-8-13/h3-10,12H,2,11H2,1H3,(H,23,24,27). The van der Waals surface area contributed by atoms with Crippen LogP contribution in [0.5, 0.6) is 0 Å². The number of hydrogen-bond acceptors (Lipinski definition) is 6. The van der Waals surface area contributed by atoms with Crippen molar-refractivity contribution in [2.75, 3.05) is 11.9 Å². The smallest absolute Gasteiger partial charge is 0.311 e. The summed E-state index contributed by atoms with van der Waals surface area (Å²) in [4.78, 5) is 41.4. The van der Waals surface area contributed by atoms with E-state index in [1.165, 1.54) is 11.3 Å². The van der Waals surface area contributed by atoms with Crippen molar-refractivity contribution in [1.29, 1.82) is 0 Å². The molecule has 6 nitrogen and oxygen atoms in total. The Morgan fingerprint density at radius 2 is 1.76 bits per heavy atom. The molecule has 0 saturated heterocycles. The van der Waals surface area contributed by atoms with Gasteiger partial charge in [-0.05, 0) is 37.3 Å². The predicted molar refractivity (Wildman–Crippen MR) is 114 cm³/mol. The van der Waals surface area contributed by atoms with Crippen molar-refractivity contribution in [3.63, 3.8) is 0 Å². The number of esters is 1. The number of nitrogens with one attached hydrogen (secondary N) is 1. The number of rotatable bonds is 7. The molecule has 3 rings (SSSR count). The summed E-state index contributed by atoms with van der Waals surface area (Å²) in [6.07, 6.45) is 0.0405. The summed E-state index contributed by atoms with van der Waals surface area (Å²) < 4.78 is 5.76. The van der Waals surface area contributed by atoms with E-state index in [0.29, 0.717) is 28.6 Å². The zero-order valence-corrected chi connectivity index (χ0v) is 17.9. The van der Waals surface area contributed by atoms with Crippen molar-refractivity contribution in [3.05, 3.63) is 80.8 Å². The molecule has 0 aliphatic rings. The number of amides is 1. The highest BCUT2D eigenvalue weighted by molar-refractivity contribution is 9.10. The molecular weight excluding hydrogens is 456 g/mol. The van der Waals surface area contributed by atoms with E-state index >= 15 is 0 Å². The zero-order valence-electron chi connectivity index (χ0n) is 15.5. The number of ether oxygens (including phenoxy) is 1. The lowest BCUT2D eigenvalue weighted by Gasteiger charge is -2.08. The fourth-order valence-electron chi connectivity index (χ4n) is 2.61. The van der Waals surface area contributed by atoms with E-state index < -0.39 is 5.91 Å². The van der Waals surface area contributed by atoms with Gasteiger partial charge in [0.05, 0.1) is 24.3 Å². The first-order chi connectivity index (χ1) is 14.0. The van der Waals surface area contributed by atoms with Crippen LogP contribution in [0.4, 0.5) is 5.13 Å². The van der Waals surface area contributed by atoms with Gasteiger partial charge >= 0.3 is 5.97 Å². The highest BCUT2D eigenvalue weighted by Crippen LogP contribution is 2.21. The van der Waals surface area contributed by atoms with Crippen LogP contribution < -0.4 is 5.32 Å². The summed E-state index contributed by atoms with van der Waals surface area (Å²) in [6, 6.07) is 13.6. The largest absolute Gasteiger partial charge is 0.466 e. The van der Waals surface area contributed by atoms with Crippen LogP contribution >= 0.6 is 27.3 Å². The maximum atomic E-state index is 12.9. The van der Waals surface area contributed by atoms with Crippen molar-refractivity contribution >= 4 is 50.1 Å². The molecule has 2 aromatic carbocycles. The van der Waals surface area contributed by atoms with Crippen LogP contribution in [0, 0.1) is 0 Å². The molecule has 0 bridgehead atoms. The number of aromatic nitrogens is 1. The number of nitrogens with zero attached hydrogens (tertiary/aromatic N) is 1. The molecule has 0 fully saturated rings. The molecule has 0 spiro atoms. The topological polar surface area (TPSA) is 85.4 Å². The minimum atomic E-state index is -0.442. The number of ketones is 1. The summed E-state index contributed by atoms with van der Waals surface area (Å²) in [5, 5.41) is 4.73. The van der Waals surface area contributed by atoms with Crippen LogP contribution in [0.15, 0.2) is 58.4 Å². The van der Waals surface area contributed by atoms with Gasteiger partial charge < -0.3 is 4.74 Å². The van der Waals surface area contributed by atoms with Crippen molar-refractivity contribution in [3.8, 4) is 0 Å². The highest BCUT2D eigenvalue weighted by atomic mass is 79.9. The number of benzene rings is 2. The predicted octanol–water partition coefficient (Wildman–Crippen LogP) is 4.49. The van der Waals surface area contributed by atoms with Crippen LogP contribution in [0.1, 0.15) is 38.9 Å². The SMILES string of the molecule is CCOC(=O)Cc1csc(NC(=O)c2ccccc2C(=O)c2ccc(Br)cc2)n1. The number of hydrogen-bond donors (Lipinski definition) is 1. The maximum Gasteiger partial charge on any atom is 0.311 e. The van der Waals surface area contributed by atoms with E-state index in [1.807, 2.05) is 0 Å². The minimum absolute atomic E-state index is 0.0405. The van der Waals surface area contributed by atoms with Crippen molar-refractivity contribution in [1.82, 2.24) is 4.98 Å². The van der Waals surface area contributed by atoms with Gasteiger partial charge in [0.15, 0.2) is 10.9 Å². The second kappa shape index (κ2) is 9.58. The lowest BCUT2D eigenvalue weighted by molar-refractivity contribution is -0.142. The average molecular weight is 473 g/mol. The first-order valence-electron chi connectivity index (χ1n) is 8.78. The first kappa shape index (κ1) is 20.9. The monoisotopic (exact) mass is 472 g/mol. The van der Waals surface area contributed by atoms with Gasteiger partial charge in [0.2, 0.25) is 0 Å². The second-order valence-corrected chi connectivity index (χ2v) is 7.74. The fourth-order valence-corrected chi connectivity index (χ4v) is 3.58. The molecule has 8 heteroatoms. The van der Waals surface area contributed by atoms with E-state index in [9.17, 15) is 14.4 Å². The molecule has 148 valence electrons. The van der Waals surface area contributed by atoms with Gasteiger partial charge in [-0.25, -0.2) is 4.98 Å². The number of carbonyl (C=O) groups excluding carboxylic acids is 3. The molecule has 1 amide bonds. The van der Waals surface area contributed by atoms with E-state index in [-0.39, 0.29) is 23.7 Å². The number of carbonyl (C=O) groups is 3. The van der Waals surface area contributed by atoms with Gasteiger partial charge in [-0.3, -0.25) is 19.7 Å². The molecule has 0 unspecified atom stereocenters. The molecule has 1 aromatic heterocycles. The summed E-state index contributed by atoms with van der Waals surface area (Å²) >= 11 is 4.54. The highest BCUT2D eigenvalue weighted by Gasteiger charge is 2.19. The van der Waals surface area contributed by atoms with E-state index in [4.69, 9.17) is 4.74 Å². The summed E-state index contributed by atoms with van der Waals surface area (Å²) in [6.45, 7) is 2.04. The van der Waals surface area contributed by atoms with Gasteiger partial charge in [0, 0.05) is 21.0 Å². The number of halogens is 1. The maximum absolute atomic E-state index is 12.9. The molecule has 0 aliphatic heterocycles. The third-order valence-electron chi connectivity index (χ3n) is 3.93. The Hall–Kier alpha value is -2.84. The van der Waals surface area contributed by atoms with Gasteiger partial charge in [-0.1, -0.05) is 34.1 Å². The molecule has 3 aromatic rings. The zero-order chi connectivity index (χ0) is 20.8. The van der Waals surface area contributed by atoms with Gasteiger partial charge in [0.1, 0.15) is 0 Å². The lowest BCUT2D eigenvalue weighted by Crippen LogP contribution is -2.17. The fraction of sp³-hybridized carbons (Fsp3) is 0.143. The molecular formula is C21H17BrN2O4S. The Balaban J connectivity index is 1.77. The Kier molecular flexibility index (Phi) is 6.90. The first-order valence-corrected chi connectivity index (χ1v) is 10.5. The van der Waals surface area contributed by atoms with Crippen LogP contribution in [0.2, 0.25) is 0 Å². The lowest BCUT2D eigenvalue weighted by atomic mass is 9.98. The Morgan fingerprint density at radius 3 is 2.45 bits per heavy atom. The van der Waals surface area contributed by atoms with Crippen LogP contribution in [0.25, 0.3) is 0 Å². The molecule has 0 radical (unpaired) electrons. The van der Waals surface area contributed by atoms with E-state index in [0.717, 1.165) is 4.47 Å². The van der Waals surface area contributed by atoms with Crippen LogP contribution in [-0.4, -0.2) is 29.3 Å². The minimum Gasteiger partial charge on any atom is -0.466 e. The summed E-state index contributed by atoms with van der Waals surface area (Å²) in [5.74, 6) is -1.06. The Morgan fingerprint density at radius 1 is 1.07 bits per heavy atom. The summed E-state index contributed by atoms with van der Waals surface area (Å²) in [7, 11) is 0. The van der Waals surface area contributed by atoms with Crippen LogP contribution in [0.3, 0.4) is 0 Å². The Bertz CT molecular complexity index is 1050. The number of thiazole rings is 1. The van der Waals surface area contributed by atoms with Gasteiger partial charge in [0.25, 0.3) is 5.91 Å². The Labute approximate surface area is 180 Å². The molecule has 29 heavy (non-hydrogen) atoms. The summed E-state index contributed by atoms with van der Waals surface area (Å²) in [5.41, 5.74) is 1.56. The molecule has 1 N–H and O–H groups in total. The number of anilines is 1. The molecule has 0 aliphatic carbocycles. The van der Waals surface area contributed by atoms with E-state index in [2.05, 4.69) is 26.2 Å². The molecule has 0 atom stereocenters. The van der Waals surface area contributed by atoms with Gasteiger partial charge in [-0.2, -0.15) is 0 Å². The second-order valence-electron chi connectivity index (χ2n) is 5.96. The van der Waals surface area contributed by atoms with Crippen molar-refractivity contribution in [2.45, 2.75) is 13.3 Å². The molecule has 1 heterocycles. The van der Waals surface area contributed by atoms with Crippen molar-refractivity contribution in [2.24, 2.45) is 0 Å². The van der Waals surface area contributed by atoms with Gasteiger partial charge in [-0.15, -0.1) is 11.3 Å². The van der Waals surface area contributed by atoms with E-state index in [1.54, 1.807) is 60.8 Å². The third-order valence-corrected chi connectivity index (χ3v) is 5.26. The quantitative estimate of drug-likeness (QED) is 0.404. The van der Waals surface area contributed by atoms with Crippen LogP contribution in [-0.2, 0) is 16.0 Å².